The van der Waals surface area contributed by atoms with E-state index in [1.807, 2.05) is 42.6 Å². The number of rotatable bonds is 7. The maximum absolute atomic E-state index is 5.94. The van der Waals surface area contributed by atoms with Crippen LogP contribution < -0.4 is 0 Å². The van der Waals surface area contributed by atoms with Crippen molar-refractivity contribution in [2.75, 3.05) is 6.61 Å². The first-order valence-electron chi connectivity index (χ1n) is 8.65. The van der Waals surface area contributed by atoms with Crippen LogP contribution in [0.15, 0.2) is 60.9 Å². The van der Waals surface area contributed by atoms with Crippen LogP contribution in [0.1, 0.15) is 0 Å². The molecule has 0 saturated carbocycles. The molecule has 0 bridgehead atoms. The standard InChI is InChI=1S/C20H25N3OSi/c1-25(2,3)14-13-24-16-23-15-19(18-11-7-8-12-21-18)22-20(23)17-9-5-4-6-10-17/h4-12,15H,13-14,16H2,1-3H3. The lowest BCUT2D eigenvalue weighted by atomic mass is 10.2. The van der Waals surface area contributed by atoms with Gasteiger partial charge in [-0.3, -0.25) is 4.98 Å². The summed E-state index contributed by atoms with van der Waals surface area (Å²) in [6, 6.07) is 17.3. The van der Waals surface area contributed by atoms with E-state index in [1.165, 1.54) is 0 Å². The summed E-state index contributed by atoms with van der Waals surface area (Å²) < 4.78 is 8.02. The van der Waals surface area contributed by atoms with Gasteiger partial charge in [0.15, 0.2) is 0 Å². The van der Waals surface area contributed by atoms with Crippen molar-refractivity contribution in [3.63, 3.8) is 0 Å². The number of ether oxygens (including phenoxy) is 1. The molecule has 2 heterocycles. The molecule has 3 aromatic rings. The van der Waals surface area contributed by atoms with Crippen LogP contribution in [0.2, 0.25) is 25.7 Å². The van der Waals surface area contributed by atoms with E-state index in [9.17, 15) is 0 Å². The Bertz CT molecular complexity index is 795. The van der Waals surface area contributed by atoms with Crippen LogP contribution in [-0.4, -0.2) is 29.2 Å². The van der Waals surface area contributed by atoms with Crippen molar-refractivity contribution < 1.29 is 4.74 Å². The predicted octanol–water partition coefficient (Wildman–Crippen LogP) is 4.92. The monoisotopic (exact) mass is 351 g/mol. The lowest BCUT2D eigenvalue weighted by Gasteiger charge is -2.16. The van der Waals surface area contributed by atoms with Crippen molar-refractivity contribution in [3.05, 3.63) is 60.9 Å². The summed E-state index contributed by atoms with van der Waals surface area (Å²) in [6.45, 7) is 8.39. The first-order chi connectivity index (χ1) is 12.0. The van der Waals surface area contributed by atoms with Gasteiger partial charge in [-0.1, -0.05) is 56.0 Å². The van der Waals surface area contributed by atoms with E-state index in [2.05, 4.69) is 41.3 Å². The molecule has 5 heteroatoms. The Morgan fingerprint density at radius 2 is 1.72 bits per heavy atom. The molecule has 0 saturated heterocycles. The Kier molecular flexibility index (Phi) is 5.46. The molecule has 1 aromatic carbocycles. The van der Waals surface area contributed by atoms with Crippen LogP contribution in [0.5, 0.6) is 0 Å². The van der Waals surface area contributed by atoms with Gasteiger partial charge in [0.2, 0.25) is 0 Å². The van der Waals surface area contributed by atoms with E-state index in [1.54, 1.807) is 6.20 Å². The molecule has 0 fully saturated rings. The van der Waals surface area contributed by atoms with Gasteiger partial charge in [0.05, 0.1) is 5.69 Å². The molecule has 0 spiro atoms. The zero-order chi connectivity index (χ0) is 17.7. The van der Waals surface area contributed by atoms with Gasteiger partial charge < -0.3 is 9.30 Å². The van der Waals surface area contributed by atoms with Crippen molar-refractivity contribution in [1.29, 1.82) is 0 Å². The van der Waals surface area contributed by atoms with Gasteiger partial charge in [0.25, 0.3) is 0 Å². The minimum Gasteiger partial charge on any atom is -0.361 e. The molecule has 0 unspecified atom stereocenters. The van der Waals surface area contributed by atoms with Gasteiger partial charge >= 0.3 is 0 Å². The number of pyridine rings is 1. The molecule has 0 aliphatic heterocycles. The van der Waals surface area contributed by atoms with E-state index in [0.717, 1.165) is 35.4 Å². The van der Waals surface area contributed by atoms with Crippen molar-refractivity contribution in [2.24, 2.45) is 0 Å². The van der Waals surface area contributed by atoms with Crippen LogP contribution in [0.3, 0.4) is 0 Å². The second kappa shape index (κ2) is 7.76. The Hall–Kier alpha value is -2.24. The quantitative estimate of drug-likeness (QED) is 0.448. The van der Waals surface area contributed by atoms with Crippen LogP contribution >= 0.6 is 0 Å². The van der Waals surface area contributed by atoms with Crippen molar-refractivity contribution in [3.8, 4) is 22.8 Å². The maximum atomic E-state index is 5.94. The van der Waals surface area contributed by atoms with E-state index < -0.39 is 8.07 Å². The van der Waals surface area contributed by atoms with Gasteiger partial charge in [0, 0.05) is 32.6 Å². The summed E-state index contributed by atoms with van der Waals surface area (Å²) >= 11 is 0. The zero-order valence-electron chi connectivity index (χ0n) is 15.1. The first-order valence-corrected chi connectivity index (χ1v) is 12.4. The van der Waals surface area contributed by atoms with E-state index in [4.69, 9.17) is 9.72 Å². The summed E-state index contributed by atoms with van der Waals surface area (Å²) in [5.74, 6) is 0.911. The molecule has 0 radical (unpaired) electrons. The summed E-state index contributed by atoms with van der Waals surface area (Å²) in [6.07, 6.45) is 3.82. The van der Waals surface area contributed by atoms with Crippen molar-refractivity contribution in [2.45, 2.75) is 32.4 Å². The van der Waals surface area contributed by atoms with E-state index in [0.29, 0.717) is 6.73 Å². The number of benzene rings is 1. The zero-order valence-corrected chi connectivity index (χ0v) is 16.1. The lowest BCUT2D eigenvalue weighted by molar-refractivity contribution is 0.0883. The second-order valence-electron chi connectivity index (χ2n) is 7.35. The summed E-state index contributed by atoms with van der Waals surface area (Å²) in [4.78, 5) is 9.22. The Morgan fingerprint density at radius 3 is 2.40 bits per heavy atom. The Morgan fingerprint density at radius 1 is 0.960 bits per heavy atom. The number of hydrogen-bond acceptors (Lipinski definition) is 3. The number of imidazole rings is 1. The smallest absolute Gasteiger partial charge is 0.142 e. The second-order valence-corrected chi connectivity index (χ2v) is 13.0. The van der Waals surface area contributed by atoms with Crippen LogP contribution in [-0.2, 0) is 11.5 Å². The van der Waals surface area contributed by atoms with Gasteiger partial charge in [-0.2, -0.15) is 0 Å². The highest BCUT2D eigenvalue weighted by Gasteiger charge is 2.14. The van der Waals surface area contributed by atoms with Gasteiger partial charge in [-0.15, -0.1) is 0 Å². The molecule has 0 N–H and O–H groups in total. The molecule has 2 aromatic heterocycles. The van der Waals surface area contributed by atoms with Crippen molar-refractivity contribution in [1.82, 2.24) is 14.5 Å². The predicted molar refractivity (Wildman–Crippen MR) is 105 cm³/mol. The highest BCUT2D eigenvalue weighted by molar-refractivity contribution is 6.76. The van der Waals surface area contributed by atoms with Crippen molar-refractivity contribution >= 4 is 8.07 Å². The highest BCUT2D eigenvalue weighted by Crippen LogP contribution is 2.24. The molecule has 0 aliphatic carbocycles. The third kappa shape index (κ3) is 4.87. The fraction of sp³-hybridized carbons (Fsp3) is 0.300. The topological polar surface area (TPSA) is 39.9 Å². The van der Waals surface area contributed by atoms with Gasteiger partial charge in [-0.05, 0) is 18.2 Å². The Labute approximate surface area is 150 Å². The average molecular weight is 352 g/mol. The third-order valence-corrected chi connectivity index (χ3v) is 5.67. The van der Waals surface area contributed by atoms with E-state index >= 15 is 0 Å². The molecule has 130 valence electrons. The Balaban J connectivity index is 1.83. The fourth-order valence-electron chi connectivity index (χ4n) is 2.51. The largest absolute Gasteiger partial charge is 0.361 e. The molecule has 4 nitrogen and oxygen atoms in total. The summed E-state index contributed by atoms with van der Waals surface area (Å²) in [5.41, 5.74) is 2.83. The van der Waals surface area contributed by atoms with Gasteiger partial charge in [-0.25, -0.2) is 4.98 Å². The van der Waals surface area contributed by atoms with Crippen LogP contribution in [0, 0.1) is 0 Å². The number of aromatic nitrogens is 3. The molecule has 0 amide bonds. The molecular weight excluding hydrogens is 326 g/mol. The summed E-state index contributed by atoms with van der Waals surface area (Å²) in [7, 11) is -1.08. The molecule has 0 aliphatic rings. The minimum atomic E-state index is -1.08. The fourth-order valence-corrected chi connectivity index (χ4v) is 3.27. The SMILES string of the molecule is C[Si](C)(C)CCOCn1cc(-c2ccccn2)nc1-c1ccccc1. The highest BCUT2D eigenvalue weighted by atomic mass is 28.3. The third-order valence-electron chi connectivity index (χ3n) is 3.96. The molecule has 3 rings (SSSR count). The minimum absolute atomic E-state index is 0.508. The van der Waals surface area contributed by atoms with Crippen LogP contribution in [0.4, 0.5) is 0 Å². The first kappa shape index (κ1) is 17.6. The number of hydrogen-bond donors (Lipinski definition) is 0. The maximum Gasteiger partial charge on any atom is 0.142 e. The number of nitrogens with zero attached hydrogens (tertiary/aromatic N) is 3. The summed E-state index contributed by atoms with van der Waals surface area (Å²) in [5, 5.41) is 0. The van der Waals surface area contributed by atoms with Crippen LogP contribution in [0.25, 0.3) is 22.8 Å². The van der Waals surface area contributed by atoms with Gasteiger partial charge in [0.1, 0.15) is 18.2 Å². The van der Waals surface area contributed by atoms with E-state index in [-0.39, 0.29) is 0 Å². The average Bonchev–Trinajstić information content (AvgIpc) is 3.04. The molecule has 25 heavy (non-hydrogen) atoms. The lowest BCUT2D eigenvalue weighted by Crippen LogP contribution is -2.22. The molecule has 0 atom stereocenters. The normalized spacial score (nSPS) is 11.6. The molecular formula is C20H25N3OSi.